The van der Waals surface area contributed by atoms with Gasteiger partial charge in [-0.2, -0.15) is 5.10 Å². The number of halogens is 1. The number of ether oxygens (including phenoxy) is 1. The molecule has 0 atom stereocenters. The molecular formula is C8H13BrN2O. The number of hydrogen-bond donors (Lipinski definition) is 0. The van der Waals surface area contributed by atoms with Gasteiger partial charge in [-0.3, -0.25) is 4.68 Å². The van der Waals surface area contributed by atoms with Crippen LogP contribution in [0.3, 0.4) is 0 Å². The second-order valence-electron chi connectivity index (χ2n) is 2.62. The zero-order chi connectivity index (χ0) is 8.97. The Balaban J connectivity index is 2.50. The van der Waals surface area contributed by atoms with Gasteiger partial charge in [-0.05, 0) is 22.4 Å². The number of aromatic nitrogens is 2. The Morgan fingerprint density at radius 3 is 2.92 bits per heavy atom. The highest BCUT2D eigenvalue weighted by molar-refractivity contribution is 9.10. The lowest BCUT2D eigenvalue weighted by Crippen LogP contribution is -2.02. The van der Waals surface area contributed by atoms with Crippen LogP contribution in [-0.2, 0) is 18.4 Å². The van der Waals surface area contributed by atoms with E-state index in [1.165, 1.54) is 0 Å². The quantitative estimate of drug-likeness (QED) is 0.744. The lowest BCUT2D eigenvalue weighted by atomic mass is 10.4. The Kier molecular flexibility index (Phi) is 3.75. The van der Waals surface area contributed by atoms with Gasteiger partial charge in [-0.15, -0.1) is 0 Å². The predicted molar refractivity (Wildman–Crippen MR) is 50.9 cm³/mol. The fraction of sp³-hybridized carbons (Fsp3) is 0.625. The molecule has 0 saturated carbocycles. The van der Waals surface area contributed by atoms with Crippen LogP contribution in [0.4, 0.5) is 0 Å². The highest BCUT2D eigenvalue weighted by Gasteiger charge is 2.04. The lowest BCUT2D eigenvalue weighted by Gasteiger charge is -2.03. The first-order chi connectivity index (χ1) is 5.75. The van der Waals surface area contributed by atoms with E-state index >= 15 is 0 Å². The van der Waals surface area contributed by atoms with E-state index in [0.29, 0.717) is 6.61 Å². The Morgan fingerprint density at radius 1 is 1.67 bits per heavy atom. The van der Waals surface area contributed by atoms with E-state index in [9.17, 15) is 0 Å². The summed E-state index contributed by atoms with van der Waals surface area (Å²) in [6, 6.07) is 0. The fourth-order valence-electron chi connectivity index (χ4n) is 0.912. The summed E-state index contributed by atoms with van der Waals surface area (Å²) < 4.78 is 8.23. The molecule has 0 aliphatic heterocycles. The normalized spacial score (nSPS) is 10.6. The Hall–Kier alpha value is -0.350. The van der Waals surface area contributed by atoms with Crippen LogP contribution in [0.2, 0.25) is 0 Å². The monoisotopic (exact) mass is 232 g/mol. The van der Waals surface area contributed by atoms with Crippen molar-refractivity contribution in [3.63, 3.8) is 0 Å². The van der Waals surface area contributed by atoms with Crippen LogP contribution in [0.5, 0.6) is 0 Å². The minimum absolute atomic E-state index is 0.630. The van der Waals surface area contributed by atoms with Gasteiger partial charge >= 0.3 is 0 Å². The smallest absolute Gasteiger partial charge is 0.0896 e. The van der Waals surface area contributed by atoms with E-state index in [1.54, 1.807) is 6.20 Å². The van der Waals surface area contributed by atoms with Crippen molar-refractivity contribution in [1.82, 2.24) is 9.78 Å². The molecule has 3 nitrogen and oxygen atoms in total. The number of rotatable bonds is 4. The largest absolute Gasteiger partial charge is 0.375 e. The molecule has 0 saturated heterocycles. The van der Waals surface area contributed by atoms with E-state index in [1.807, 2.05) is 11.7 Å². The van der Waals surface area contributed by atoms with Crippen molar-refractivity contribution in [3.05, 3.63) is 16.4 Å². The topological polar surface area (TPSA) is 27.1 Å². The van der Waals surface area contributed by atoms with Crippen molar-refractivity contribution < 1.29 is 4.74 Å². The van der Waals surface area contributed by atoms with Crippen LogP contribution < -0.4 is 0 Å². The molecule has 1 rings (SSSR count). The molecule has 0 unspecified atom stereocenters. The van der Waals surface area contributed by atoms with Gasteiger partial charge in [0.2, 0.25) is 0 Å². The highest BCUT2D eigenvalue weighted by atomic mass is 79.9. The van der Waals surface area contributed by atoms with Gasteiger partial charge in [0.05, 0.1) is 23.0 Å². The first-order valence-electron chi connectivity index (χ1n) is 3.99. The van der Waals surface area contributed by atoms with Gasteiger partial charge in [-0.1, -0.05) is 6.92 Å². The summed E-state index contributed by atoms with van der Waals surface area (Å²) in [7, 11) is 1.91. The average molecular weight is 233 g/mol. The fourth-order valence-corrected chi connectivity index (χ4v) is 1.37. The Labute approximate surface area is 80.8 Å². The minimum atomic E-state index is 0.630. The Morgan fingerprint density at radius 2 is 2.42 bits per heavy atom. The van der Waals surface area contributed by atoms with E-state index in [-0.39, 0.29) is 0 Å². The number of nitrogens with zero attached hydrogens (tertiary/aromatic N) is 2. The summed E-state index contributed by atoms with van der Waals surface area (Å²) in [5.41, 5.74) is 1.09. The van der Waals surface area contributed by atoms with E-state index in [2.05, 4.69) is 28.0 Å². The molecule has 0 N–H and O–H groups in total. The zero-order valence-electron chi connectivity index (χ0n) is 7.38. The Bertz CT molecular complexity index is 228. The van der Waals surface area contributed by atoms with Crippen molar-refractivity contribution in [1.29, 1.82) is 0 Å². The van der Waals surface area contributed by atoms with Gasteiger partial charge in [0.15, 0.2) is 0 Å². The molecule has 0 aliphatic carbocycles. The maximum Gasteiger partial charge on any atom is 0.0896 e. The van der Waals surface area contributed by atoms with Gasteiger partial charge < -0.3 is 4.74 Å². The van der Waals surface area contributed by atoms with Gasteiger partial charge in [0, 0.05) is 13.7 Å². The van der Waals surface area contributed by atoms with E-state index in [0.717, 1.165) is 23.2 Å². The SMILES string of the molecule is CCCOCc1c(Br)cnn1C. The van der Waals surface area contributed by atoms with E-state index < -0.39 is 0 Å². The summed E-state index contributed by atoms with van der Waals surface area (Å²) in [4.78, 5) is 0. The van der Waals surface area contributed by atoms with Crippen LogP contribution in [0.1, 0.15) is 19.0 Å². The molecule has 0 fully saturated rings. The molecule has 4 heteroatoms. The van der Waals surface area contributed by atoms with Crippen LogP contribution in [-0.4, -0.2) is 16.4 Å². The lowest BCUT2D eigenvalue weighted by molar-refractivity contribution is 0.116. The van der Waals surface area contributed by atoms with Crippen LogP contribution in [0.15, 0.2) is 10.7 Å². The molecule has 0 bridgehead atoms. The molecule has 0 aliphatic rings. The zero-order valence-corrected chi connectivity index (χ0v) is 8.97. The van der Waals surface area contributed by atoms with Crippen molar-refractivity contribution in [3.8, 4) is 0 Å². The average Bonchev–Trinajstić information content (AvgIpc) is 2.35. The molecular weight excluding hydrogens is 220 g/mol. The minimum Gasteiger partial charge on any atom is -0.375 e. The standard InChI is InChI=1S/C8H13BrN2O/c1-3-4-12-6-8-7(9)5-10-11(8)2/h5H,3-4,6H2,1-2H3. The molecule has 0 aromatic carbocycles. The molecule has 1 aromatic heterocycles. The van der Waals surface area contributed by atoms with Gasteiger partial charge in [-0.25, -0.2) is 0 Å². The van der Waals surface area contributed by atoms with Crippen molar-refractivity contribution in [2.45, 2.75) is 20.0 Å². The first kappa shape index (κ1) is 9.74. The molecule has 0 radical (unpaired) electrons. The van der Waals surface area contributed by atoms with Crippen LogP contribution in [0.25, 0.3) is 0 Å². The van der Waals surface area contributed by atoms with Crippen LogP contribution in [0, 0.1) is 0 Å². The maximum atomic E-state index is 5.40. The summed E-state index contributed by atoms with van der Waals surface area (Å²) in [5.74, 6) is 0. The summed E-state index contributed by atoms with van der Waals surface area (Å²) >= 11 is 3.41. The molecule has 0 amide bonds. The summed E-state index contributed by atoms with van der Waals surface area (Å²) in [6.45, 7) is 3.53. The van der Waals surface area contributed by atoms with Crippen molar-refractivity contribution in [2.24, 2.45) is 7.05 Å². The second kappa shape index (κ2) is 4.62. The number of hydrogen-bond acceptors (Lipinski definition) is 2. The maximum absolute atomic E-state index is 5.40. The third-order valence-electron chi connectivity index (χ3n) is 1.60. The summed E-state index contributed by atoms with van der Waals surface area (Å²) in [6.07, 6.45) is 2.83. The van der Waals surface area contributed by atoms with Crippen molar-refractivity contribution >= 4 is 15.9 Å². The highest BCUT2D eigenvalue weighted by Crippen LogP contribution is 2.15. The first-order valence-corrected chi connectivity index (χ1v) is 4.79. The number of aryl methyl sites for hydroxylation is 1. The summed E-state index contributed by atoms with van der Waals surface area (Å²) in [5, 5.41) is 4.08. The second-order valence-corrected chi connectivity index (χ2v) is 3.47. The molecule has 1 aromatic rings. The van der Waals surface area contributed by atoms with Gasteiger partial charge in [0.1, 0.15) is 0 Å². The van der Waals surface area contributed by atoms with Gasteiger partial charge in [0.25, 0.3) is 0 Å². The molecule has 12 heavy (non-hydrogen) atoms. The van der Waals surface area contributed by atoms with Crippen molar-refractivity contribution in [2.75, 3.05) is 6.61 Å². The predicted octanol–water partition coefficient (Wildman–Crippen LogP) is 2.11. The molecule has 0 spiro atoms. The molecule has 68 valence electrons. The third kappa shape index (κ3) is 2.32. The third-order valence-corrected chi connectivity index (χ3v) is 2.26. The molecule has 1 heterocycles. The van der Waals surface area contributed by atoms with Crippen LogP contribution >= 0.6 is 15.9 Å². The van der Waals surface area contributed by atoms with E-state index in [4.69, 9.17) is 4.74 Å².